The first kappa shape index (κ1) is 27.9. The van der Waals surface area contributed by atoms with Gasteiger partial charge in [-0.05, 0) is 48.5 Å². The highest BCUT2D eigenvalue weighted by molar-refractivity contribution is 8.00. The zero-order valence-electron chi connectivity index (χ0n) is 20.7. The lowest BCUT2D eigenvalue weighted by atomic mass is 9.82. The molecule has 208 valence electrons. The number of hydrogen-bond acceptors (Lipinski definition) is 7. The van der Waals surface area contributed by atoms with E-state index >= 15 is 0 Å². The maximum Gasteiger partial charge on any atom is 0.305 e. The molecule has 41 heavy (non-hydrogen) atoms. The molecule has 13 heteroatoms. The van der Waals surface area contributed by atoms with Gasteiger partial charge in [-0.1, -0.05) is 76.1 Å². The van der Waals surface area contributed by atoms with Crippen molar-refractivity contribution in [2.75, 3.05) is 16.8 Å². The van der Waals surface area contributed by atoms with Gasteiger partial charge in [-0.15, -0.1) is 0 Å². The Morgan fingerprint density at radius 1 is 0.951 bits per heavy atom. The molecule has 0 saturated carbocycles. The number of para-hydroxylation sites is 1. The monoisotopic (exact) mass is 645 g/mol. The minimum Gasteiger partial charge on any atom is -0.483 e. The fourth-order valence-electron chi connectivity index (χ4n) is 4.98. The summed E-state index contributed by atoms with van der Waals surface area (Å²) in [5.74, 6) is -2.33. The average molecular weight is 647 g/mol. The number of amides is 3. The normalized spacial score (nSPS) is 19.6. The van der Waals surface area contributed by atoms with E-state index in [-0.39, 0.29) is 17.4 Å². The van der Waals surface area contributed by atoms with Crippen molar-refractivity contribution in [3.8, 4) is 5.75 Å². The maximum atomic E-state index is 13.9. The second-order valence-corrected chi connectivity index (χ2v) is 12.7. The number of imide groups is 1. The van der Waals surface area contributed by atoms with Gasteiger partial charge in [0.1, 0.15) is 11.0 Å². The Morgan fingerprint density at radius 3 is 2.46 bits per heavy atom. The number of hydrogen-bond donors (Lipinski definition) is 2. The first-order valence-corrected chi connectivity index (χ1v) is 15.0. The molecule has 1 saturated heterocycles. The van der Waals surface area contributed by atoms with Crippen molar-refractivity contribution in [1.29, 1.82) is 0 Å². The number of aromatic amines is 1. The zero-order chi connectivity index (χ0) is 28.8. The quantitative estimate of drug-likeness (QED) is 0.241. The number of anilines is 2. The van der Waals surface area contributed by atoms with Crippen LogP contribution in [0.3, 0.4) is 0 Å². The van der Waals surface area contributed by atoms with Crippen LogP contribution in [0.2, 0.25) is 15.1 Å². The lowest BCUT2D eigenvalue weighted by Gasteiger charge is -2.30. The van der Waals surface area contributed by atoms with Gasteiger partial charge in [0.05, 0.1) is 26.7 Å². The van der Waals surface area contributed by atoms with Crippen LogP contribution >= 0.6 is 57.9 Å². The number of fused-ring (bicyclic) bond motifs is 2. The summed E-state index contributed by atoms with van der Waals surface area (Å²) in [5.41, 5.74) is 1.45. The van der Waals surface area contributed by atoms with Gasteiger partial charge in [0.2, 0.25) is 11.8 Å². The number of ether oxygens (including phenoxy) is 1. The molecule has 1 aromatic heterocycles. The number of carbonyl (C=O) groups excluding carboxylic acids is 3. The van der Waals surface area contributed by atoms with Gasteiger partial charge in [-0.3, -0.25) is 19.2 Å². The molecule has 8 nitrogen and oxygen atoms in total. The minimum atomic E-state index is -0.808. The van der Waals surface area contributed by atoms with Crippen LogP contribution in [0.15, 0.2) is 76.6 Å². The van der Waals surface area contributed by atoms with Crippen LogP contribution in [0.5, 0.6) is 5.75 Å². The second-order valence-electron chi connectivity index (χ2n) is 9.24. The predicted octanol–water partition coefficient (Wildman–Crippen LogP) is 6.21. The van der Waals surface area contributed by atoms with E-state index in [0.29, 0.717) is 47.7 Å². The van der Waals surface area contributed by atoms with Gasteiger partial charge in [-0.2, -0.15) is 0 Å². The number of nitrogens with one attached hydrogen (secondary N) is 2. The number of carbonyl (C=O) groups is 3. The number of aromatic nitrogens is 1. The van der Waals surface area contributed by atoms with Crippen molar-refractivity contribution >= 4 is 87.0 Å². The molecule has 6 rings (SSSR count). The standard InChI is InChI=1S/C28H18Cl3N3O5S2/c29-13-5-8-15(9-6-13)34-26(36)22-21(23-25(33-28(38)41-23)40-24(22)27(34)37)16-3-1-2-4-19(16)39-12-20(35)32-14-7-10-17(30)18(31)11-14/h1-11,21-22,24H,12H2,(H,32,35)(H,33,38)/t21-,22-,24+/m0/s1. The molecule has 2 N–H and O–H groups in total. The van der Waals surface area contributed by atoms with Crippen molar-refractivity contribution in [2.24, 2.45) is 5.92 Å². The molecule has 2 aliphatic rings. The molecular formula is C28H18Cl3N3O5S2. The topological polar surface area (TPSA) is 109 Å². The molecule has 4 aromatic rings. The molecule has 1 fully saturated rings. The number of nitrogens with zero attached hydrogens (tertiary/aromatic N) is 1. The minimum absolute atomic E-state index is 0.290. The SMILES string of the molecule is O=C(COc1ccccc1[C@@H]1c2sc(=O)[nH]c2S[C@H]2C(=O)N(c3ccc(Cl)cc3)C(=O)[C@@H]12)Nc1ccc(Cl)c(Cl)c1. The van der Waals surface area contributed by atoms with Crippen LogP contribution in [0.1, 0.15) is 16.4 Å². The van der Waals surface area contributed by atoms with Gasteiger partial charge >= 0.3 is 4.87 Å². The summed E-state index contributed by atoms with van der Waals surface area (Å²) in [6.45, 7) is -0.340. The molecule has 3 aromatic carbocycles. The van der Waals surface area contributed by atoms with Crippen molar-refractivity contribution in [3.63, 3.8) is 0 Å². The van der Waals surface area contributed by atoms with Crippen LogP contribution in [0.4, 0.5) is 11.4 Å². The van der Waals surface area contributed by atoms with Crippen LogP contribution in [-0.4, -0.2) is 34.6 Å². The maximum absolute atomic E-state index is 13.9. The van der Waals surface area contributed by atoms with Crippen molar-refractivity contribution in [2.45, 2.75) is 16.2 Å². The van der Waals surface area contributed by atoms with Crippen molar-refractivity contribution < 1.29 is 19.1 Å². The molecule has 0 unspecified atom stereocenters. The third kappa shape index (κ3) is 5.26. The Morgan fingerprint density at radius 2 is 1.71 bits per heavy atom. The summed E-state index contributed by atoms with van der Waals surface area (Å²) in [6, 6.07) is 18.2. The average Bonchev–Trinajstić information content (AvgIpc) is 3.44. The largest absolute Gasteiger partial charge is 0.483 e. The number of rotatable bonds is 6. The van der Waals surface area contributed by atoms with Crippen LogP contribution in [-0.2, 0) is 14.4 Å². The summed E-state index contributed by atoms with van der Waals surface area (Å²) in [4.78, 5) is 57.0. The number of thioether (sulfide) groups is 1. The van der Waals surface area contributed by atoms with Gasteiger partial charge < -0.3 is 15.0 Å². The van der Waals surface area contributed by atoms with Gasteiger partial charge in [-0.25, -0.2) is 4.90 Å². The van der Waals surface area contributed by atoms with Crippen LogP contribution < -0.4 is 19.8 Å². The molecule has 0 bridgehead atoms. The molecule has 3 heterocycles. The number of halogens is 3. The highest BCUT2D eigenvalue weighted by Gasteiger charge is 2.56. The van der Waals surface area contributed by atoms with E-state index in [1.807, 2.05) is 0 Å². The van der Waals surface area contributed by atoms with Gasteiger partial charge in [0, 0.05) is 27.1 Å². The predicted molar refractivity (Wildman–Crippen MR) is 161 cm³/mol. The summed E-state index contributed by atoms with van der Waals surface area (Å²) in [5, 5.41) is 3.61. The molecular weight excluding hydrogens is 629 g/mol. The first-order valence-electron chi connectivity index (χ1n) is 12.2. The third-order valence-corrected chi connectivity index (χ3v) is 10.1. The Kier molecular flexibility index (Phi) is 7.60. The Balaban J connectivity index is 1.32. The number of H-pyrrole nitrogens is 1. The van der Waals surface area contributed by atoms with Gasteiger partial charge in [0.15, 0.2) is 6.61 Å². The Bertz CT molecular complexity index is 1760. The molecule has 3 amide bonds. The van der Waals surface area contributed by atoms with E-state index in [4.69, 9.17) is 39.5 Å². The molecule has 0 aliphatic carbocycles. The van der Waals surface area contributed by atoms with Crippen LogP contribution in [0, 0.1) is 5.92 Å². The van der Waals surface area contributed by atoms with E-state index in [1.165, 1.54) is 22.7 Å². The first-order chi connectivity index (χ1) is 19.7. The van der Waals surface area contributed by atoms with Gasteiger partial charge in [0.25, 0.3) is 5.91 Å². The van der Waals surface area contributed by atoms with Crippen molar-refractivity contribution in [3.05, 3.63) is 102 Å². The van der Waals surface area contributed by atoms with E-state index in [1.54, 1.807) is 60.7 Å². The Hall–Kier alpha value is -3.28. The fourth-order valence-corrected chi connectivity index (χ4v) is 7.91. The molecule has 0 spiro atoms. The highest BCUT2D eigenvalue weighted by atomic mass is 35.5. The summed E-state index contributed by atoms with van der Waals surface area (Å²) >= 11 is 20.2. The number of benzene rings is 3. The Labute approximate surface area is 256 Å². The van der Waals surface area contributed by atoms with Crippen LogP contribution in [0.25, 0.3) is 0 Å². The molecule has 0 radical (unpaired) electrons. The molecule has 2 aliphatic heterocycles. The third-order valence-electron chi connectivity index (χ3n) is 6.72. The summed E-state index contributed by atoms with van der Waals surface area (Å²) in [6.07, 6.45) is 0. The summed E-state index contributed by atoms with van der Waals surface area (Å²) < 4.78 is 5.95. The fraction of sp³-hybridized carbons (Fsp3) is 0.143. The van der Waals surface area contributed by atoms with E-state index in [0.717, 1.165) is 11.3 Å². The summed E-state index contributed by atoms with van der Waals surface area (Å²) in [7, 11) is 0. The number of thiazole rings is 1. The molecule has 3 atom stereocenters. The van der Waals surface area contributed by atoms with E-state index in [2.05, 4.69) is 10.3 Å². The second kappa shape index (κ2) is 11.2. The van der Waals surface area contributed by atoms with E-state index < -0.39 is 28.9 Å². The smallest absolute Gasteiger partial charge is 0.305 e. The highest BCUT2D eigenvalue weighted by Crippen LogP contribution is 2.54. The lowest BCUT2D eigenvalue weighted by molar-refractivity contribution is -0.122. The van der Waals surface area contributed by atoms with E-state index in [9.17, 15) is 19.2 Å². The zero-order valence-corrected chi connectivity index (χ0v) is 24.6. The lowest BCUT2D eigenvalue weighted by Crippen LogP contribution is -2.32. The van der Waals surface area contributed by atoms with Crippen molar-refractivity contribution in [1.82, 2.24) is 4.98 Å².